The second-order valence-corrected chi connectivity index (χ2v) is 4.58. The fourth-order valence-electron chi connectivity index (χ4n) is 1.85. The predicted octanol–water partition coefficient (Wildman–Crippen LogP) is 3.57. The lowest BCUT2D eigenvalue weighted by atomic mass is 10.1. The first-order valence-electron chi connectivity index (χ1n) is 6.89. The van der Waals surface area contributed by atoms with E-state index < -0.39 is 0 Å². The molecule has 0 amide bonds. The summed E-state index contributed by atoms with van der Waals surface area (Å²) in [6, 6.07) is 8.84. The molecule has 2 heteroatoms. The molecule has 0 heterocycles. The summed E-state index contributed by atoms with van der Waals surface area (Å²) in [6.07, 6.45) is 7.31. The highest BCUT2D eigenvalue weighted by Crippen LogP contribution is 2.11. The molecule has 17 heavy (non-hydrogen) atoms. The van der Waals surface area contributed by atoms with E-state index in [2.05, 4.69) is 36.5 Å². The van der Waals surface area contributed by atoms with E-state index in [-0.39, 0.29) is 0 Å². The molecule has 0 fully saturated rings. The van der Waals surface area contributed by atoms with Crippen LogP contribution in [0.25, 0.3) is 0 Å². The Kier molecular flexibility index (Phi) is 7.48. The first kappa shape index (κ1) is 14.0. The van der Waals surface area contributed by atoms with E-state index in [1.54, 1.807) is 0 Å². The van der Waals surface area contributed by atoms with Crippen molar-refractivity contribution in [2.24, 2.45) is 5.73 Å². The number of hydrogen-bond acceptors (Lipinski definition) is 2. The molecule has 0 radical (unpaired) electrons. The standard InChI is InChI=1S/C15H26N2/c1-2-3-7-14-8-10-15(11-9-14)17-13-6-4-5-12-16/h8-11,17H,2-7,12-13,16H2,1H3. The second kappa shape index (κ2) is 9.06. The van der Waals surface area contributed by atoms with Crippen molar-refractivity contribution in [3.8, 4) is 0 Å². The van der Waals surface area contributed by atoms with Crippen LogP contribution in [0.5, 0.6) is 0 Å². The van der Waals surface area contributed by atoms with Crippen LogP contribution in [0.3, 0.4) is 0 Å². The molecule has 0 atom stereocenters. The van der Waals surface area contributed by atoms with E-state index in [1.165, 1.54) is 43.4 Å². The third-order valence-electron chi connectivity index (χ3n) is 2.98. The molecular weight excluding hydrogens is 208 g/mol. The SMILES string of the molecule is CCCCc1ccc(NCCCCCN)cc1. The number of aryl methyl sites for hydroxylation is 1. The average molecular weight is 234 g/mol. The summed E-state index contributed by atoms with van der Waals surface area (Å²) in [7, 11) is 0. The zero-order valence-corrected chi connectivity index (χ0v) is 11.0. The molecule has 96 valence electrons. The fourth-order valence-corrected chi connectivity index (χ4v) is 1.85. The Morgan fingerprint density at radius 3 is 2.41 bits per heavy atom. The van der Waals surface area contributed by atoms with Crippen LogP contribution in [0.15, 0.2) is 24.3 Å². The molecule has 0 saturated heterocycles. The number of hydrogen-bond donors (Lipinski definition) is 2. The summed E-state index contributed by atoms with van der Waals surface area (Å²) >= 11 is 0. The van der Waals surface area contributed by atoms with Gasteiger partial charge in [0, 0.05) is 12.2 Å². The van der Waals surface area contributed by atoms with Crippen molar-refractivity contribution < 1.29 is 0 Å². The molecule has 0 spiro atoms. The van der Waals surface area contributed by atoms with E-state index in [0.29, 0.717) is 0 Å². The maximum absolute atomic E-state index is 5.46. The Balaban J connectivity index is 2.20. The van der Waals surface area contributed by atoms with E-state index >= 15 is 0 Å². The van der Waals surface area contributed by atoms with Crippen molar-refractivity contribution in [2.45, 2.75) is 45.4 Å². The van der Waals surface area contributed by atoms with Gasteiger partial charge in [-0.1, -0.05) is 31.9 Å². The normalized spacial score (nSPS) is 10.5. The predicted molar refractivity (Wildman–Crippen MR) is 76.4 cm³/mol. The topological polar surface area (TPSA) is 38.0 Å². The molecule has 1 aromatic rings. The van der Waals surface area contributed by atoms with Gasteiger partial charge in [0.1, 0.15) is 0 Å². The van der Waals surface area contributed by atoms with Crippen LogP contribution in [-0.4, -0.2) is 13.1 Å². The molecule has 0 aliphatic carbocycles. The minimum atomic E-state index is 0.812. The summed E-state index contributed by atoms with van der Waals surface area (Å²) in [4.78, 5) is 0. The molecule has 3 N–H and O–H groups in total. The van der Waals surface area contributed by atoms with Crippen molar-refractivity contribution in [1.82, 2.24) is 0 Å². The summed E-state index contributed by atoms with van der Waals surface area (Å²) < 4.78 is 0. The van der Waals surface area contributed by atoms with Crippen LogP contribution < -0.4 is 11.1 Å². The van der Waals surface area contributed by atoms with E-state index in [0.717, 1.165) is 19.5 Å². The third-order valence-corrected chi connectivity index (χ3v) is 2.98. The highest BCUT2D eigenvalue weighted by atomic mass is 14.9. The molecule has 0 aliphatic rings. The quantitative estimate of drug-likeness (QED) is 0.641. The van der Waals surface area contributed by atoms with Gasteiger partial charge in [-0.05, 0) is 49.9 Å². The number of rotatable bonds is 9. The molecule has 0 saturated carbocycles. The van der Waals surface area contributed by atoms with E-state index in [4.69, 9.17) is 5.73 Å². The van der Waals surface area contributed by atoms with Crippen molar-refractivity contribution in [1.29, 1.82) is 0 Å². The smallest absolute Gasteiger partial charge is 0.0340 e. The maximum Gasteiger partial charge on any atom is 0.0340 e. The van der Waals surface area contributed by atoms with Gasteiger partial charge in [-0.2, -0.15) is 0 Å². The molecule has 0 bridgehead atoms. The van der Waals surface area contributed by atoms with Crippen molar-refractivity contribution >= 4 is 5.69 Å². The lowest BCUT2D eigenvalue weighted by molar-refractivity contribution is 0.707. The van der Waals surface area contributed by atoms with Gasteiger partial charge in [0.15, 0.2) is 0 Å². The summed E-state index contributed by atoms with van der Waals surface area (Å²) in [5, 5.41) is 3.45. The lowest BCUT2D eigenvalue weighted by Gasteiger charge is -2.07. The fraction of sp³-hybridized carbons (Fsp3) is 0.600. The van der Waals surface area contributed by atoms with Gasteiger partial charge in [0.05, 0.1) is 0 Å². The van der Waals surface area contributed by atoms with Crippen LogP contribution in [0.1, 0.15) is 44.6 Å². The first-order chi connectivity index (χ1) is 8.36. The molecule has 0 aliphatic heterocycles. The first-order valence-corrected chi connectivity index (χ1v) is 6.89. The van der Waals surface area contributed by atoms with Crippen LogP contribution in [0.4, 0.5) is 5.69 Å². The highest BCUT2D eigenvalue weighted by molar-refractivity contribution is 5.44. The second-order valence-electron chi connectivity index (χ2n) is 4.58. The Morgan fingerprint density at radius 1 is 1.00 bits per heavy atom. The van der Waals surface area contributed by atoms with Gasteiger partial charge in [-0.25, -0.2) is 0 Å². The Hall–Kier alpha value is -1.02. The van der Waals surface area contributed by atoms with Crippen LogP contribution in [0, 0.1) is 0 Å². The Labute approximate surface area is 106 Å². The lowest BCUT2D eigenvalue weighted by Crippen LogP contribution is -2.03. The van der Waals surface area contributed by atoms with Crippen LogP contribution in [0.2, 0.25) is 0 Å². The van der Waals surface area contributed by atoms with Crippen LogP contribution >= 0.6 is 0 Å². The molecule has 2 nitrogen and oxygen atoms in total. The van der Waals surface area contributed by atoms with Crippen LogP contribution in [-0.2, 0) is 6.42 Å². The number of unbranched alkanes of at least 4 members (excludes halogenated alkanes) is 3. The summed E-state index contributed by atoms with van der Waals surface area (Å²) in [6.45, 7) is 4.09. The maximum atomic E-state index is 5.46. The average Bonchev–Trinajstić information content (AvgIpc) is 2.37. The van der Waals surface area contributed by atoms with Gasteiger partial charge in [0.25, 0.3) is 0 Å². The van der Waals surface area contributed by atoms with Gasteiger partial charge < -0.3 is 11.1 Å². The van der Waals surface area contributed by atoms with Gasteiger partial charge in [-0.15, -0.1) is 0 Å². The van der Waals surface area contributed by atoms with Gasteiger partial charge in [-0.3, -0.25) is 0 Å². The monoisotopic (exact) mass is 234 g/mol. The zero-order valence-electron chi connectivity index (χ0n) is 11.0. The number of nitrogens with two attached hydrogens (primary N) is 1. The zero-order chi connectivity index (χ0) is 12.3. The third kappa shape index (κ3) is 6.32. The Bertz CT molecular complexity index is 279. The number of benzene rings is 1. The number of anilines is 1. The summed E-state index contributed by atoms with van der Waals surface area (Å²) in [5.41, 5.74) is 8.14. The van der Waals surface area contributed by atoms with E-state index in [1.807, 2.05) is 0 Å². The van der Waals surface area contributed by atoms with Crippen molar-refractivity contribution in [3.05, 3.63) is 29.8 Å². The van der Waals surface area contributed by atoms with E-state index in [9.17, 15) is 0 Å². The number of nitrogens with one attached hydrogen (secondary N) is 1. The largest absolute Gasteiger partial charge is 0.385 e. The summed E-state index contributed by atoms with van der Waals surface area (Å²) in [5.74, 6) is 0. The van der Waals surface area contributed by atoms with Crippen molar-refractivity contribution in [2.75, 3.05) is 18.4 Å². The molecule has 1 rings (SSSR count). The minimum absolute atomic E-state index is 0.812. The molecule has 1 aromatic carbocycles. The molecular formula is C15H26N2. The molecule has 0 aromatic heterocycles. The van der Waals surface area contributed by atoms with Crippen molar-refractivity contribution in [3.63, 3.8) is 0 Å². The molecule has 0 unspecified atom stereocenters. The van der Waals surface area contributed by atoms with Gasteiger partial charge >= 0.3 is 0 Å². The Morgan fingerprint density at radius 2 is 1.76 bits per heavy atom. The van der Waals surface area contributed by atoms with Gasteiger partial charge in [0.2, 0.25) is 0 Å². The highest BCUT2D eigenvalue weighted by Gasteiger charge is 1.94. The minimum Gasteiger partial charge on any atom is -0.385 e.